The summed E-state index contributed by atoms with van der Waals surface area (Å²) in [5.41, 5.74) is 0. The molecule has 0 aromatic carbocycles. The van der Waals surface area contributed by atoms with Gasteiger partial charge in [0.25, 0.3) is 0 Å². The summed E-state index contributed by atoms with van der Waals surface area (Å²) in [6.07, 6.45) is 10.2. The molecule has 0 spiro atoms. The molecular formula is C14H31NO. The van der Waals surface area contributed by atoms with Gasteiger partial charge < -0.3 is 10.4 Å². The van der Waals surface area contributed by atoms with Crippen molar-refractivity contribution in [1.29, 1.82) is 0 Å². The molecule has 0 aromatic rings. The first-order valence-electron chi connectivity index (χ1n) is 7.16. The van der Waals surface area contributed by atoms with Crippen LogP contribution in [0.15, 0.2) is 0 Å². The van der Waals surface area contributed by atoms with E-state index in [0.717, 1.165) is 19.5 Å². The van der Waals surface area contributed by atoms with Crippen LogP contribution in [0.2, 0.25) is 0 Å². The maximum absolute atomic E-state index is 8.94. The van der Waals surface area contributed by atoms with Gasteiger partial charge in [-0.15, -0.1) is 0 Å². The number of aliphatic hydroxyl groups excluding tert-OH is 1. The van der Waals surface area contributed by atoms with Crippen molar-refractivity contribution in [2.24, 2.45) is 5.92 Å². The van der Waals surface area contributed by atoms with Crippen LogP contribution in [0.25, 0.3) is 0 Å². The Bertz CT molecular complexity index is 122. The summed E-state index contributed by atoms with van der Waals surface area (Å²) in [4.78, 5) is 0. The van der Waals surface area contributed by atoms with Gasteiger partial charge in [-0.3, -0.25) is 0 Å². The first-order valence-corrected chi connectivity index (χ1v) is 7.16. The normalized spacial score (nSPS) is 12.9. The first kappa shape index (κ1) is 15.9. The van der Waals surface area contributed by atoms with Crippen molar-refractivity contribution in [3.8, 4) is 0 Å². The largest absolute Gasteiger partial charge is 0.396 e. The van der Waals surface area contributed by atoms with E-state index in [2.05, 4.69) is 19.2 Å². The maximum atomic E-state index is 8.94. The Balaban J connectivity index is 3.25. The van der Waals surface area contributed by atoms with Gasteiger partial charge in [-0.2, -0.15) is 0 Å². The third kappa shape index (κ3) is 10.4. The lowest BCUT2D eigenvalue weighted by molar-refractivity contribution is 0.248. The number of rotatable bonds is 12. The number of aliphatic hydroxyl groups is 1. The van der Waals surface area contributed by atoms with Crippen LogP contribution in [0.1, 0.15) is 65.2 Å². The van der Waals surface area contributed by atoms with Gasteiger partial charge in [0.05, 0.1) is 0 Å². The monoisotopic (exact) mass is 229 g/mol. The van der Waals surface area contributed by atoms with E-state index in [1.54, 1.807) is 0 Å². The summed E-state index contributed by atoms with van der Waals surface area (Å²) < 4.78 is 0. The molecule has 0 heterocycles. The molecule has 0 radical (unpaired) electrons. The molecule has 2 nitrogen and oxygen atoms in total. The molecule has 0 rings (SSSR count). The highest BCUT2D eigenvalue weighted by atomic mass is 16.3. The van der Waals surface area contributed by atoms with E-state index in [0.29, 0.717) is 12.5 Å². The van der Waals surface area contributed by atoms with Crippen molar-refractivity contribution in [2.75, 3.05) is 19.7 Å². The zero-order chi connectivity index (χ0) is 12.1. The van der Waals surface area contributed by atoms with Gasteiger partial charge in [-0.25, -0.2) is 0 Å². The lowest BCUT2D eigenvalue weighted by Gasteiger charge is -2.15. The SMILES string of the molecule is CCCCCCCNCC(CCC)CCO. The standard InChI is InChI=1S/C14H31NO/c1-3-5-6-7-8-11-15-13-14(9-4-2)10-12-16/h14-16H,3-13H2,1-2H3. The fourth-order valence-corrected chi connectivity index (χ4v) is 2.10. The second-order valence-corrected chi connectivity index (χ2v) is 4.79. The molecule has 2 heteroatoms. The second kappa shape index (κ2) is 13.0. The van der Waals surface area contributed by atoms with Crippen LogP contribution in [0.3, 0.4) is 0 Å². The Kier molecular flexibility index (Phi) is 12.9. The van der Waals surface area contributed by atoms with Gasteiger partial charge in [0, 0.05) is 6.61 Å². The van der Waals surface area contributed by atoms with E-state index in [-0.39, 0.29) is 0 Å². The summed E-state index contributed by atoms with van der Waals surface area (Å²) in [5.74, 6) is 0.672. The highest BCUT2D eigenvalue weighted by molar-refractivity contribution is 4.62. The summed E-state index contributed by atoms with van der Waals surface area (Å²) in [6.45, 7) is 7.04. The minimum Gasteiger partial charge on any atom is -0.396 e. The van der Waals surface area contributed by atoms with E-state index >= 15 is 0 Å². The van der Waals surface area contributed by atoms with Crippen LogP contribution in [0, 0.1) is 5.92 Å². The van der Waals surface area contributed by atoms with Crippen molar-refractivity contribution in [1.82, 2.24) is 5.32 Å². The van der Waals surface area contributed by atoms with Gasteiger partial charge in [0.1, 0.15) is 0 Å². The lowest BCUT2D eigenvalue weighted by Crippen LogP contribution is -2.24. The van der Waals surface area contributed by atoms with Crippen molar-refractivity contribution >= 4 is 0 Å². The number of hydrogen-bond donors (Lipinski definition) is 2. The van der Waals surface area contributed by atoms with Gasteiger partial charge in [0.15, 0.2) is 0 Å². The number of hydrogen-bond acceptors (Lipinski definition) is 2. The van der Waals surface area contributed by atoms with Crippen molar-refractivity contribution in [2.45, 2.75) is 65.2 Å². The van der Waals surface area contributed by atoms with Crippen LogP contribution in [-0.4, -0.2) is 24.8 Å². The van der Waals surface area contributed by atoms with E-state index in [1.165, 1.54) is 44.9 Å². The Morgan fingerprint density at radius 3 is 2.31 bits per heavy atom. The maximum Gasteiger partial charge on any atom is 0.0434 e. The van der Waals surface area contributed by atoms with E-state index < -0.39 is 0 Å². The van der Waals surface area contributed by atoms with E-state index in [9.17, 15) is 0 Å². The molecule has 2 N–H and O–H groups in total. The van der Waals surface area contributed by atoms with E-state index in [1.807, 2.05) is 0 Å². The molecule has 0 aliphatic carbocycles. The third-order valence-corrected chi connectivity index (χ3v) is 3.12. The average molecular weight is 229 g/mol. The number of nitrogens with one attached hydrogen (secondary N) is 1. The minimum atomic E-state index is 0.336. The molecule has 0 saturated carbocycles. The highest BCUT2D eigenvalue weighted by Crippen LogP contribution is 2.09. The molecule has 0 aliphatic rings. The van der Waals surface area contributed by atoms with Crippen LogP contribution in [-0.2, 0) is 0 Å². The molecule has 0 bridgehead atoms. The summed E-state index contributed by atoms with van der Waals surface area (Å²) in [7, 11) is 0. The zero-order valence-corrected chi connectivity index (χ0v) is 11.3. The van der Waals surface area contributed by atoms with Crippen molar-refractivity contribution < 1.29 is 5.11 Å². The Labute approximate surface area is 102 Å². The van der Waals surface area contributed by atoms with Crippen molar-refractivity contribution in [3.05, 3.63) is 0 Å². The first-order chi connectivity index (χ1) is 7.85. The average Bonchev–Trinajstić information content (AvgIpc) is 2.28. The fourth-order valence-electron chi connectivity index (χ4n) is 2.10. The highest BCUT2D eigenvalue weighted by Gasteiger charge is 2.05. The van der Waals surface area contributed by atoms with Gasteiger partial charge in [0.2, 0.25) is 0 Å². The van der Waals surface area contributed by atoms with Crippen LogP contribution in [0.5, 0.6) is 0 Å². The van der Waals surface area contributed by atoms with Crippen LogP contribution < -0.4 is 5.32 Å². The smallest absolute Gasteiger partial charge is 0.0434 e. The lowest BCUT2D eigenvalue weighted by atomic mass is 10.0. The molecule has 1 unspecified atom stereocenters. The third-order valence-electron chi connectivity index (χ3n) is 3.12. The quantitative estimate of drug-likeness (QED) is 0.503. The Morgan fingerprint density at radius 1 is 0.938 bits per heavy atom. The molecule has 0 aliphatic heterocycles. The molecule has 0 saturated heterocycles. The Morgan fingerprint density at radius 2 is 1.69 bits per heavy atom. The molecule has 0 fully saturated rings. The second-order valence-electron chi connectivity index (χ2n) is 4.79. The van der Waals surface area contributed by atoms with Crippen LogP contribution >= 0.6 is 0 Å². The summed E-state index contributed by atoms with van der Waals surface area (Å²) in [5, 5.41) is 12.5. The van der Waals surface area contributed by atoms with Crippen LogP contribution in [0.4, 0.5) is 0 Å². The molecule has 0 aromatic heterocycles. The van der Waals surface area contributed by atoms with Gasteiger partial charge >= 0.3 is 0 Å². The fraction of sp³-hybridized carbons (Fsp3) is 1.00. The minimum absolute atomic E-state index is 0.336. The zero-order valence-electron chi connectivity index (χ0n) is 11.3. The number of unbranched alkanes of at least 4 members (excludes halogenated alkanes) is 4. The van der Waals surface area contributed by atoms with E-state index in [4.69, 9.17) is 5.11 Å². The topological polar surface area (TPSA) is 32.3 Å². The predicted octanol–water partition coefficient (Wildman–Crippen LogP) is 3.35. The molecule has 1 atom stereocenters. The molecule has 98 valence electrons. The summed E-state index contributed by atoms with van der Waals surface area (Å²) in [6, 6.07) is 0. The molecule has 16 heavy (non-hydrogen) atoms. The Hall–Kier alpha value is -0.0800. The summed E-state index contributed by atoms with van der Waals surface area (Å²) >= 11 is 0. The molecule has 0 amide bonds. The molecular weight excluding hydrogens is 198 g/mol. The predicted molar refractivity (Wildman–Crippen MR) is 71.7 cm³/mol. The van der Waals surface area contributed by atoms with Gasteiger partial charge in [-0.1, -0.05) is 46.0 Å². The van der Waals surface area contributed by atoms with Crippen molar-refractivity contribution in [3.63, 3.8) is 0 Å². The van der Waals surface area contributed by atoms with Gasteiger partial charge in [-0.05, 0) is 38.3 Å².